The van der Waals surface area contributed by atoms with Gasteiger partial charge in [0.1, 0.15) is 17.6 Å². The van der Waals surface area contributed by atoms with E-state index < -0.39 is 6.04 Å². The summed E-state index contributed by atoms with van der Waals surface area (Å²) in [6, 6.07) is 21.5. The van der Waals surface area contributed by atoms with Crippen molar-refractivity contribution in [1.82, 2.24) is 10.6 Å². The first-order valence-corrected chi connectivity index (χ1v) is 11.1. The van der Waals surface area contributed by atoms with Crippen LogP contribution in [0.15, 0.2) is 78.9 Å². The maximum absolute atomic E-state index is 13.2. The smallest absolute Gasteiger partial charge is 0.251 e. The molecule has 0 heterocycles. The van der Waals surface area contributed by atoms with Gasteiger partial charge in [0.25, 0.3) is 5.91 Å². The standard InChI is InChI=1S/C27H29FN2O3/c1-3-33-24-15-11-21(12-16-24)18-25(30-26(31)22-7-5-4-6-8-22)27(32)29-19(2)17-20-9-13-23(28)14-10-20/h4-16,19,25H,3,17-18H2,1-2H3,(H,29,32)(H,30,31). The Morgan fingerprint density at radius 3 is 2.09 bits per heavy atom. The summed E-state index contributed by atoms with van der Waals surface area (Å²) in [7, 11) is 0. The Balaban J connectivity index is 1.70. The lowest BCUT2D eigenvalue weighted by molar-refractivity contribution is -0.123. The Kier molecular flexibility index (Phi) is 8.58. The number of nitrogens with one attached hydrogen (secondary N) is 2. The van der Waals surface area contributed by atoms with E-state index >= 15 is 0 Å². The van der Waals surface area contributed by atoms with Gasteiger partial charge in [0.05, 0.1) is 6.61 Å². The Bertz CT molecular complexity index is 1040. The van der Waals surface area contributed by atoms with E-state index in [1.165, 1.54) is 12.1 Å². The molecule has 0 aromatic heterocycles. The van der Waals surface area contributed by atoms with Crippen molar-refractivity contribution in [1.29, 1.82) is 0 Å². The Morgan fingerprint density at radius 1 is 0.848 bits per heavy atom. The molecule has 3 rings (SSSR count). The predicted molar refractivity (Wildman–Crippen MR) is 127 cm³/mol. The zero-order valence-electron chi connectivity index (χ0n) is 18.9. The highest BCUT2D eigenvalue weighted by Gasteiger charge is 2.23. The van der Waals surface area contributed by atoms with E-state index in [-0.39, 0.29) is 23.7 Å². The van der Waals surface area contributed by atoms with Gasteiger partial charge in [0.15, 0.2) is 0 Å². The first kappa shape index (κ1) is 24.0. The van der Waals surface area contributed by atoms with Gasteiger partial charge in [-0.15, -0.1) is 0 Å². The van der Waals surface area contributed by atoms with Gasteiger partial charge in [-0.1, -0.05) is 42.5 Å². The van der Waals surface area contributed by atoms with Crippen LogP contribution in [-0.2, 0) is 17.6 Å². The monoisotopic (exact) mass is 448 g/mol. The topological polar surface area (TPSA) is 67.4 Å². The Labute approximate surface area is 194 Å². The van der Waals surface area contributed by atoms with Crippen LogP contribution >= 0.6 is 0 Å². The van der Waals surface area contributed by atoms with Crippen LogP contribution in [0.3, 0.4) is 0 Å². The van der Waals surface area contributed by atoms with E-state index in [1.807, 2.05) is 44.2 Å². The molecule has 5 nitrogen and oxygen atoms in total. The minimum atomic E-state index is -0.758. The predicted octanol–water partition coefficient (Wildman–Crippen LogP) is 4.31. The van der Waals surface area contributed by atoms with Gasteiger partial charge >= 0.3 is 0 Å². The average molecular weight is 449 g/mol. The zero-order chi connectivity index (χ0) is 23.6. The number of benzene rings is 3. The van der Waals surface area contributed by atoms with Crippen LogP contribution in [0.4, 0.5) is 4.39 Å². The van der Waals surface area contributed by atoms with Crippen LogP contribution < -0.4 is 15.4 Å². The molecule has 2 unspecified atom stereocenters. The number of carbonyl (C=O) groups excluding carboxylic acids is 2. The number of carbonyl (C=O) groups is 2. The first-order chi connectivity index (χ1) is 15.9. The third-order valence-electron chi connectivity index (χ3n) is 5.18. The normalized spacial score (nSPS) is 12.5. The molecule has 2 amide bonds. The SMILES string of the molecule is CCOc1ccc(CC(NC(=O)c2ccccc2)C(=O)NC(C)Cc2ccc(F)cc2)cc1. The molecular weight excluding hydrogens is 419 g/mol. The highest BCUT2D eigenvalue weighted by atomic mass is 19.1. The fraction of sp³-hybridized carbons (Fsp3) is 0.259. The van der Waals surface area contributed by atoms with E-state index in [4.69, 9.17) is 4.74 Å². The molecule has 0 bridgehead atoms. The van der Waals surface area contributed by atoms with Crippen LogP contribution in [0, 0.1) is 5.82 Å². The van der Waals surface area contributed by atoms with E-state index in [2.05, 4.69) is 10.6 Å². The molecule has 2 N–H and O–H groups in total. The Morgan fingerprint density at radius 2 is 1.45 bits per heavy atom. The van der Waals surface area contributed by atoms with Crippen LogP contribution in [0.2, 0.25) is 0 Å². The van der Waals surface area contributed by atoms with E-state index in [0.717, 1.165) is 16.9 Å². The fourth-order valence-electron chi connectivity index (χ4n) is 3.53. The molecule has 33 heavy (non-hydrogen) atoms. The first-order valence-electron chi connectivity index (χ1n) is 11.1. The van der Waals surface area contributed by atoms with E-state index in [9.17, 15) is 14.0 Å². The van der Waals surface area contributed by atoms with Gasteiger partial charge in [0, 0.05) is 18.0 Å². The van der Waals surface area contributed by atoms with Crippen LogP contribution in [-0.4, -0.2) is 30.5 Å². The summed E-state index contributed by atoms with van der Waals surface area (Å²) in [5.74, 6) is -0.131. The van der Waals surface area contributed by atoms with Crippen molar-refractivity contribution in [2.24, 2.45) is 0 Å². The van der Waals surface area contributed by atoms with Crippen molar-refractivity contribution in [2.75, 3.05) is 6.61 Å². The summed E-state index contributed by atoms with van der Waals surface area (Å²) in [5.41, 5.74) is 2.31. The number of hydrogen-bond acceptors (Lipinski definition) is 3. The quantitative estimate of drug-likeness (QED) is 0.486. The summed E-state index contributed by atoms with van der Waals surface area (Å²) < 4.78 is 18.6. The molecule has 0 radical (unpaired) electrons. The molecule has 0 fully saturated rings. The third kappa shape index (κ3) is 7.45. The van der Waals surface area contributed by atoms with Gasteiger partial charge in [-0.05, 0) is 67.8 Å². The number of ether oxygens (including phenoxy) is 1. The van der Waals surface area contributed by atoms with Gasteiger partial charge in [-0.25, -0.2) is 4.39 Å². The van der Waals surface area contributed by atoms with Crippen molar-refractivity contribution in [3.63, 3.8) is 0 Å². The average Bonchev–Trinajstić information content (AvgIpc) is 2.82. The summed E-state index contributed by atoms with van der Waals surface area (Å²) >= 11 is 0. The molecule has 0 spiro atoms. The Hall–Kier alpha value is -3.67. The van der Waals surface area contributed by atoms with Crippen molar-refractivity contribution in [2.45, 2.75) is 38.8 Å². The van der Waals surface area contributed by atoms with Crippen molar-refractivity contribution in [3.8, 4) is 5.75 Å². The summed E-state index contributed by atoms with van der Waals surface area (Å²) in [6.45, 7) is 4.37. The van der Waals surface area contributed by atoms with Gasteiger partial charge in [-0.3, -0.25) is 9.59 Å². The van der Waals surface area contributed by atoms with Crippen molar-refractivity contribution in [3.05, 3.63) is 101 Å². The van der Waals surface area contributed by atoms with Gasteiger partial charge in [-0.2, -0.15) is 0 Å². The molecule has 2 atom stereocenters. The molecular formula is C27H29FN2O3. The number of rotatable bonds is 10. The second kappa shape index (κ2) is 11.8. The molecule has 0 aliphatic carbocycles. The molecule has 172 valence electrons. The lowest BCUT2D eigenvalue weighted by Crippen LogP contribution is -2.50. The number of amides is 2. The summed E-state index contributed by atoms with van der Waals surface area (Å²) in [4.78, 5) is 25.9. The molecule has 0 aliphatic heterocycles. The van der Waals surface area contributed by atoms with Crippen LogP contribution in [0.5, 0.6) is 5.75 Å². The number of halogens is 1. The highest BCUT2D eigenvalue weighted by molar-refractivity contribution is 5.97. The van der Waals surface area contributed by atoms with Crippen LogP contribution in [0.1, 0.15) is 35.3 Å². The van der Waals surface area contributed by atoms with Crippen LogP contribution in [0.25, 0.3) is 0 Å². The lowest BCUT2D eigenvalue weighted by atomic mass is 10.0. The highest BCUT2D eigenvalue weighted by Crippen LogP contribution is 2.14. The lowest BCUT2D eigenvalue weighted by Gasteiger charge is -2.22. The third-order valence-corrected chi connectivity index (χ3v) is 5.18. The molecule has 0 saturated heterocycles. The minimum absolute atomic E-state index is 0.195. The fourth-order valence-corrected chi connectivity index (χ4v) is 3.53. The zero-order valence-corrected chi connectivity index (χ0v) is 18.9. The maximum Gasteiger partial charge on any atom is 0.251 e. The molecule has 6 heteroatoms. The minimum Gasteiger partial charge on any atom is -0.494 e. The second-order valence-corrected chi connectivity index (χ2v) is 7.91. The van der Waals surface area contributed by atoms with Crippen molar-refractivity contribution < 1.29 is 18.7 Å². The summed E-state index contributed by atoms with van der Waals surface area (Å²) in [6.07, 6.45) is 0.883. The molecule has 0 saturated carbocycles. The molecule has 3 aromatic carbocycles. The summed E-state index contributed by atoms with van der Waals surface area (Å²) in [5, 5.41) is 5.85. The molecule has 3 aromatic rings. The second-order valence-electron chi connectivity index (χ2n) is 7.91. The maximum atomic E-state index is 13.2. The van der Waals surface area contributed by atoms with Crippen molar-refractivity contribution >= 4 is 11.8 Å². The largest absolute Gasteiger partial charge is 0.494 e. The van der Waals surface area contributed by atoms with E-state index in [1.54, 1.807) is 36.4 Å². The van der Waals surface area contributed by atoms with Gasteiger partial charge < -0.3 is 15.4 Å². The van der Waals surface area contributed by atoms with Gasteiger partial charge in [0.2, 0.25) is 5.91 Å². The molecule has 0 aliphatic rings. The number of hydrogen-bond donors (Lipinski definition) is 2. The van der Waals surface area contributed by atoms with E-state index in [0.29, 0.717) is 25.0 Å².